The molecule has 2 amide bonds. The Hall–Kier alpha value is -4.14. The lowest BCUT2D eigenvalue weighted by Crippen LogP contribution is -2.46. The summed E-state index contributed by atoms with van der Waals surface area (Å²) < 4.78 is 5.78. The third kappa shape index (κ3) is 4.82. The van der Waals surface area contributed by atoms with Gasteiger partial charge in [-0.05, 0) is 69.5 Å². The summed E-state index contributed by atoms with van der Waals surface area (Å²) in [5.41, 5.74) is 0.300. The number of amides is 2. The minimum atomic E-state index is -0.949. The first kappa shape index (κ1) is 23.6. The number of nitrogens with one attached hydrogen (secondary N) is 3. The van der Waals surface area contributed by atoms with E-state index in [2.05, 4.69) is 39.3 Å². The fourth-order valence-corrected chi connectivity index (χ4v) is 5.00. The third-order valence-electron chi connectivity index (χ3n) is 6.79. The summed E-state index contributed by atoms with van der Waals surface area (Å²) in [6.07, 6.45) is 2.98. The van der Waals surface area contributed by atoms with Crippen LogP contribution in [0.25, 0.3) is 0 Å². The Morgan fingerprint density at radius 2 is 1.67 bits per heavy atom. The van der Waals surface area contributed by atoms with Gasteiger partial charge in [0.1, 0.15) is 17.3 Å². The molecule has 0 bridgehead atoms. The molecule has 1 saturated heterocycles. The van der Waals surface area contributed by atoms with Gasteiger partial charge < -0.3 is 20.3 Å². The minimum Gasteiger partial charge on any atom is -0.457 e. The van der Waals surface area contributed by atoms with Crippen LogP contribution in [0.2, 0.25) is 0 Å². The van der Waals surface area contributed by atoms with Gasteiger partial charge in [-0.1, -0.05) is 18.2 Å². The van der Waals surface area contributed by atoms with Crippen molar-refractivity contribution >= 4 is 29.3 Å². The number of piperidine rings is 1. The highest BCUT2D eigenvalue weighted by molar-refractivity contribution is 6.04. The van der Waals surface area contributed by atoms with Crippen molar-refractivity contribution in [3.05, 3.63) is 70.5 Å². The Bertz CT molecular complexity index is 1310. The van der Waals surface area contributed by atoms with Gasteiger partial charge in [0.05, 0.1) is 11.5 Å². The number of carbonyl (C=O) groups is 2. The average molecular weight is 488 g/mol. The van der Waals surface area contributed by atoms with Crippen molar-refractivity contribution in [2.75, 3.05) is 15.5 Å². The first-order chi connectivity index (χ1) is 17.4. The molecule has 3 N–H and O–H groups in total. The van der Waals surface area contributed by atoms with Crippen molar-refractivity contribution in [2.24, 2.45) is 0 Å². The molecule has 0 aliphatic carbocycles. The van der Waals surface area contributed by atoms with E-state index in [4.69, 9.17) is 4.74 Å². The number of nitrogens with zero attached hydrogens (tertiary/aromatic N) is 2. The summed E-state index contributed by atoms with van der Waals surface area (Å²) in [5.74, 6) is 0.168. The molecule has 2 aliphatic heterocycles. The SMILES string of the molecule is C[C@@H]1CCC[C@@H](C)N1c1nc2c(c(=O)[nH]1)[C@@H](C(=O)Nc1ccc(Oc3ccccc3)cc1)CC(=O)N2. The van der Waals surface area contributed by atoms with E-state index in [0.717, 1.165) is 19.3 Å². The second kappa shape index (κ2) is 9.85. The van der Waals surface area contributed by atoms with Crippen LogP contribution in [-0.2, 0) is 9.59 Å². The van der Waals surface area contributed by atoms with Crippen LogP contribution in [0.4, 0.5) is 17.5 Å². The number of hydrogen-bond donors (Lipinski definition) is 3. The monoisotopic (exact) mass is 487 g/mol. The lowest BCUT2D eigenvalue weighted by atomic mass is 9.92. The van der Waals surface area contributed by atoms with Crippen LogP contribution in [-0.4, -0.2) is 33.9 Å². The van der Waals surface area contributed by atoms with Crippen LogP contribution in [0.3, 0.4) is 0 Å². The standard InChI is InChI=1S/C27H29N5O4/c1-16-7-6-8-17(2)32(16)27-30-24-23(26(35)31-27)21(15-22(33)29-24)25(34)28-18-11-13-20(14-12-18)36-19-9-4-3-5-10-19/h3-5,9-14,16-17,21H,6-8,15H2,1-2H3,(H,28,34)(H2,29,30,31,33,35)/t16-,17-,21+/m1/s1. The van der Waals surface area contributed by atoms with E-state index in [-0.39, 0.29) is 35.8 Å². The molecule has 0 radical (unpaired) electrons. The van der Waals surface area contributed by atoms with Crippen LogP contribution in [0.1, 0.15) is 51.0 Å². The molecule has 9 heteroatoms. The molecule has 2 aromatic carbocycles. The number of hydrogen-bond acceptors (Lipinski definition) is 6. The number of rotatable bonds is 5. The number of aromatic amines is 1. The highest BCUT2D eigenvalue weighted by atomic mass is 16.5. The minimum absolute atomic E-state index is 0.130. The van der Waals surface area contributed by atoms with Crippen LogP contribution < -0.4 is 25.8 Å². The van der Waals surface area contributed by atoms with Crippen molar-refractivity contribution < 1.29 is 14.3 Å². The topological polar surface area (TPSA) is 116 Å². The van der Waals surface area contributed by atoms with Gasteiger partial charge in [0.15, 0.2) is 0 Å². The van der Waals surface area contributed by atoms with Crippen molar-refractivity contribution in [3.8, 4) is 11.5 Å². The first-order valence-corrected chi connectivity index (χ1v) is 12.3. The van der Waals surface area contributed by atoms with Crippen LogP contribution in [0.15, 0.2) is 59.4 Å². The van der Waals surface area contributed by atoms with E-state index in [9.17, 15) is 14.4 Å². The van der Waals surface area contributed by atoms with Gasteiger partial charge in [-0.15, -0.1) is 0 Å². The average Bonchev–Trinajstić information content (AvgIpc) is 2.85. The van der Waals surface area contributed by atoms with Gasteiger partial charge in [0, 0.05) is 24.2 Å². The van der Waals surface area contributed by atoms with E-state index in [1.54, 1.807) is 24.3 Å². The van der Waals surface area contributed by atoms with Gasteiger partial charge in [0.25, 0.3) is 5.56 Å². The quantitative estimate of drug-likeness (QED) is 0.491. The number of anilines is 3. The summed E-state index contributed by atoms with van der Waals surface area (Å²) in [4.78, 5) is 48.3. The maximum absolute atomic E-state index is 13.2. The molecule has 186 valence electrons. The number of H-pyrrole nitrogens is 1. The van der Waals surface area contributed by atoms with Gasteiger partial charge in [-0.2, -0.15) is 4.98 Å². The summed E-state index contributed by atoms with van der Waals surface area (Å²) in [5, 5.41) is 5.51. The van der Waals surface area contributed by atoms with Crippen LogP contribution in [0, 0.1) is 0 Å². The molecule has 36 heavy (non-hydrogen) atoms. The fraction of sp³-hybridized carbons (Fsp3) is 0.333. The molecule has 5 rings (SSSR count). The molecule has 0 spiro atoms. The summed E-state index contributed by atoms with van der Waals surface area (Å²) >= 11 is 0. The molecule has 2 aliphatic rings. The van der Waals surface area contributed by atoms with Crippen LogP contribution >= 0.6 is 0 Å². The summed E-state index contributed by atoms with van der Waals surface area (Å²) in [7, 11) is 0. The lowest BCUT2D eigenvalue weighted by Gasteiger charge is -2.39. The largest absolute Gasteiger partial charge is 0.457 e. The van der Waals surface area contributed by atoms with E-state index in [1.807, 2.05) is 30.3 Å². The smallest absolute Gasteiger partial charge is 0.258 e. The highest BCUT2D eigenvalue weighted by Gasteiger charge is 2.36. The Morgan fingerprint density at radius 1 is 1.00 bits per heavy atom. The van der Waals surface area contributed by atoms with Gasteiger partial charge in [0.2, 0.25) is 17.8 Å². The van der Waals surface area contributed by atoms with Crippen molar-refractivity contribution in [1.82, 2.24) is 9.97 Å². The zero-order valence-electron chi connectivity index (χ0n) is 20.3. The number of aromatic nitrogens is 2. The molecule has 3 aromatic rings. The number of benzene rings is 2. The molecular formula is C27H29N5O4. The number of para-hydroxylation sites is 1. The van der Waals surface area contributed by atoms with E-state index < -0.39 is 17.4 Å². The second-order valence-corrected chi connectivity index (χ2v) is 9.42. The molecule has 0 saturated carbocycles. The molecule has 1 fully saturated rings. The van der Waals surface area contributed by atoms with Crippen molar-refractivity contribution in [2.45, 2.75) is 57.5 Å². The number of ether oxygens (including phenoxy) is 1. The molecule has 1 aromatic heterocycles. The Morgan fingerprint density at radius 3 is 2.36 bits per heavy atom. The maximum Gasteiger partial charge on any atom is 0.258 e. The lowest BCUT2D eigenvalue weighted by molar-refractivity contribution is -0.123. The van der Waals surface area contributed by atoms with E-state index >= 15 is 0 Å². The van der Waals surface area contributed by atoms with Gasteiger partial charge in [-0.25, -0.2) is 0 Å². The zero-order valence-corrected chi connectivity index (χ0v) is 20.3. The molecule has 0 unspecified atom stereocenters. The summed E-state index contributed by atoms with van der Waals surface area (Å²) in [6, 6.07) is 16.7. The zero-order chi connectivity index (χ0) is 25.2. The molecule has 3 heterocycles. The predicted molar refractivity (Wildman–Crippen MR) is 138 cm³/mol. The predicted octanol–water partition coefficient (Wildman–Crippen LogP) is 4.39. The van der Waals surface area contributed by atoms with Crippen molar-refractivity contribution in [1.29, 1.82) is 0 Å². The second-order valence-electron chi connectivity index (χ2n) is 9.42. The van der Waals surface area contributed by atoms with Gasteiger partial charge in [-0.3, -0.25) is 19.4 Å². The normalized spacial score (nSPS) is 21.3. The Labute approximate surface area is 208 Å². The Kier molecular flexibility index (Phi) is 6.45. The molecule has 3 atom stereocenters. The Balaban J connectivity index is 1.36. The maximum atomic E-state index is 13.2. The van der Waals surface area contributed by atoms with E-state index in [0.29, 0.717) is 23.1 Å². The number of fused-ring (bicyclic) bond motifs is 1. The van der Waals surface area contributed by atoms with Crippen molar-refractivity contribution in [3.63, 3.8) is 0 Å². The fourth-order valence-electron chi connectivity index (χ4n) is 5.00. The molecule has 9 nitrogen and oxygen atoms in total. The van der Waals surface area contributed by atoms with E-state index in [1.165, 1.54) is 0 Å². The first-order valence-electron chi connectivity index (χ1n) is 12.3. The molecular weight excluding hydrogens is 458 g/mol. The third-order valence-corrected chi connectivity index (χ3v) is 6.79. The van der Waals surface area contributed by atoms with Gasteiger partial charge >= 0.3 is 0 Å². The number of carbonyl (C=O) groups excluding carboxylic acids is 2. The van der Waals surface area contributed by atoms with Crippen LogP contribution in [0.5, 0.6) is 11.5 Å². The summed E-state index contributed by atoms with van der Waals surface area (Å²) in [6.45, 7) is 4.19. The highest BCUT2D eigenvalue weighted by Crippen LogP contribution is 2.33.